The fourth-order valence-corrected chi connectivity index (χ4v) is 3.35. The number of hydrogen-bond acceptors (Lipinski definition) is 3. The predicted molar refractivity (Wildman–Crippen MR) is 78.1 cm³/mol. The molecule has 1 amide bonds. The number of rotatable bonds is 4. The van der Waals surface area contributed by atoms with Gasteiger partial charge >= 0.3 is 0 Å². The summed E-state index contributed by atoms with van der Waals surface area (Å²) in [5, 5.41) is 6.62. The smallest absolute Gasteiger partial charge is 0.221 e. The molecule has 110 valence electrons. The maximum absolute atomic E-state index is 11.8. The van der Waals surface area contributed by atoms with Gasteiger partial charge in [0.1, 0.15) is 0 Å². The fraction of sp³-hybridized carbons (Fsp3) is 0.933. The van der Waals surface area contributed by atoms with Crippen LogP contribution in [0.3, 0.4) is 0 Å². The third kappa shape index (κ3) is 4.46. The maximum Gasteiger partial charge on any atom is 0.221 e. The van der Waals surface area contributed by atoms with Gasteiger partial charge in [0.05, 0.1) is 0 Å². The van der Waals surface area contributed by atoms with Crippen LogP contribution in [0, 0.1) is 0 Å². The van der Waals surface area contributed by atoms with Crippen LogP contribution in [0.2, 0.25) is 0 Å². The zero-order valence-electron chi connectivity index (χ0n) is 12.5. The Bertz CT molecular complexity index is 287. The molecule has 2 rings (SSSR count). The van der Waals surface area contributed by atoms with Crippen LogP contribution in [-0.4, -0.2) is 48.6 Å². The summed E-state index contributed by atoms with van der Waals surface area (Å²) in [6.45, 7) is 7.61. The van der Waals surface area contributed by atoms with Gasteiger partial charge in [0.25, 0.3) is 0 Å². The molecule has 0 bridgehead atoms. The van der Waals surface area contributed by atoms with E-state index in [2.05, 4.69) is 29.4 Å². The molecule has 2 atom stereocenters. The molecule has 2 N–H and O–H groups in total. The van der Waals surface area contributed by atoms with Crippen molar-refractivity contribution in [2.24, 2.45) is 0 Å². The van der Waals surface area contributed by atoms with Gasteiger partial charge in [0, 0.05) is 37.6 Å². The van der Waals surface area contributed by atoms with Crippen molar-refractivity contribution in [1.29, 1.82) is 0 Å². The third-order valence-corrected chi connectivity index (χ3v) is 4.43. The van der Waals surface area contributed by atoms with Crippen molar-refractivity contribution in [2.45, 2.75) is 70.5 Å². The summed E-state index contributed by atoms with van der Waals surface area (Å²) in [4.78, 5) is 14.3. The predicted octanol–water partition coefficient (Wildman–Crippen LogP) is 1.51. The maximum atomic E-state index is 11.8. The molecule has 0 spiro atoms. The molecule has 0 aromatic heterocycles. The molecule has 2 saturated heterocycles. The first kappa shape index (κ1) is 14.8. The Morgan fingerprint density at radius 1 is 1.21 bits per heavy atom. The molecule has 0 aliphatic carbocycles. The van der Waals surface area contributed by atoms with Crippen LogP contribution in [0.25, 0.3) is 0 Å². The van der Waals surface area contributed by atoms with Crippen LogP contribution in [0.1, 0.15) is 52.4 Å². The van der Waals surface area contributed by atoms with E-state index in [0.29, 0.717) is 24.5 Å². The molecule has 2 heterocycles. The van der Waals surface area contributed by atoms with E-state index in [-0.39, 0.29) is 5.91 Å². The molecule has 0 saturated carbocycles. The van der Waals surface area contributed by atoms with Gasteiger partial charge in [-0.2, -0.15) is 0 Å². The Kier molecular flexibility index (Phi) is 5.64. The highest BCUT2D eigenvalue weighted by Crippen LogP contribution is 2.19. The first-order chi connectivity index (χ1) is 9.16. The fourth-order valence-electron chi connectivity index (χ4n) is 3.35. The molecule has 2 unspecified atom stereocenters. The molecular formula is C15H29N3O. The number of piperidine rings is 1. The quantitative estimate of drug-likeness (QED) is 0.811. The van der Waals surface area contributed by atoms with Gasteiger partial charge in [-0.15, -0.1) is 0 Å². The zero-order chi connectivity index (χ0) is 13.7. The Labute approximate surface area is 117 Å². The van der Waals surface area contributed by atoms with Crippen molar-refractivity contribution in [1.82, 2.24) is 15.5 Å². The highest BCUT2D eigenvalue weighted by molar-refractivity contribution is 5.76. The van der Waals surface area contributed by atoms with Crippen molar-refractivity contribution in [3.8, 4) is 0 Å². The molecule has 2 fully saturated rings. The minimum atomic E-state index is 0.227. The summed E-state index contributed by atoms with van der Waals surface area (Å²) >= 11 is 0. The summed E-state index contributed by atoms with van der Waals surface area (Å²) in [6.07, 6.45) is 6.85. The van der Waals surface area contributed by atoms with Gasteiger partial charge in [-0.3, -0.25) is 9.69 Å². The zero-order valence-corrected chi connectivity index (χ0v) is 12.5. The van der Waals surface area contributed by atoms with E-state index >= 15 is 0 Å². The van der Waals surface area contributed by atoms with Gasteiger partial charge in [0.2, 0.25) is 5.91 Å². The molecular weight excluding hydrogens is 238 g/mol. The average molecular weight is 267 g/mol. The number of carbonyl (C=O) groups excluding carboxylic acids is 1. The highest BCUT2D eigenvalue weighted by atomic mass is 16.1. The first-order valence-electron chi connectivity index (χ1n) is 7.92. The van der Waals surface area contributed by atoms with Crippen LogP contribution in [0.5, 0.6) is 0 Å². The van der Waals surface area contributed by atoms with Crippen molar-refractivity contribution < 1.29 is 4.79 Å². The highest BCUT2D eigenvalue weighted by Gasteiger charge is 2.28. The lowest BCUT2D eigenvalue weighted by Crippen LogP contribution is -2.50. The molecule has 0 radical (unpaired) electrons. The van der Waals surface area contributed by atoms with Crippen molar-refractivity contribution >= 4 is 5.91 Å². The standard InChI is InChI=1S/C15H29N3O/c1-12(2)18(11-13-6-3-4-8-16-13)14-7-5-9-17-15(19)10-14/h12-14,16H,3-11H2,1-2H3,(H,17,19). The second-order valence-electron chi connectivity index (χ2n) is 6.29. The van der Waals surface area contributed by atoms with Crippen molar-refractivity contribution in [2.75, 3.05) is 19.6 Å². The molecule has 19 heavy (non-hydrogen) atoms. The topological polar surface area (TPSA) is 44.4 Å². The summed E-state index contributed by atoms with van der Waals surface area (Å²) in [6, 6.07) is 1.55. The van der Waals surface area contributed by atoms with E-state index in [1.165, 1.54) is 19.3 Å². The monoisotopic (exact) mass is 267 g/mol. The van der Waals surface area contributed by atoms with Crippen LogP contribution < -0.4 is 10.6 Å². The van der Waals surface area contributed by atoms with E-state index in [1.807, 2.05) is 0 Å². The normalized spacial score (nSPS) is 29.4. The minimum absolute atomic E-state index is 0.227. The molecule has 2 aliphatic rings. The van der Waals surface area contributed by atoms with E-state index < -0.39 is 0 Å². The average Bonchev–Trinajstić information content (AvgIpc) is 2.61. The molecule has 4 heteroatoms. The number of hydrogen-bond donors (Lipinski definition) is 2. The third-order valence-electron chi connectivity index (χ3n) is 4.43. The Morgan fingerprint density at radius 3 is 2.74 bits per heavy atom. The lowest BCUT2D eigenvalue weighted by Gasteiger charge is -2.38. The van der Waals surface area contributed by atoms with Crippen molar-refractivity contribution in [3.63, 3.8) is 0 Å². The number of nitrogens with zero attached hydrogens (tertiary/aromatic N) is 1. The molecule has 0 aromatic carbocycles. The first-order valence-corrected chi connectivity index (χ1v) is 7.92. The summed E-state index contributed by atoms with van der Waals surface area (Å²) < 4.78 is 0. The molecule has 0 aromatic rings. The summed E-state index contributed by atoms with van der Waals surface area (Å²) in [7, 11) is 0. The van der Waals surface area contributed by atoms with Crippen LogP contribution >= 0.6 is 0 Å². The SMILES string of the molecule is CC(C)N(CC1CCCCN1)C1CCCNC(=O)C1. The minimum Gasteiger partial charge on any atom is -0.356 e. The summed E-state index contributed by atoms with van der Waals surface area (Å²) in [5.41, 5.74) is 0. The van der Waals surface area contributed by atoms with Gasteiger partial charge in [0.15, 0.2) is 0 Å². The van der Waals surface area contributed by atoms with E-state index in [0.717, 1.165) is 32.5 Å². The van der Waals surface area contributed by atoms with Gasteiger partial charge in [-0.05, 0) is 46.1 Å². The van der Waals surface area contributed by atoms with Crippen LogP contribution in [-0.2, 0) is 4.79 Å². The largest absolute Gasteiger partial charge is 0.356 e. The lowest BCUT2D eigenvalue weighted by molar-refractivity contribution is -0.121. The van der Waals surface area contributed by atoms with E-state index in [4.69, 9.17) is 0 Å². The van der Waals surface area contributed by atoms with E-state index in [9.17, 15) is 4.79 Å². The number of amides is 1. The Balaban J connectivity index is 1.95. The van der Waals surface area contributed by atoms with Gasteiger partial charge in [-0.1, -0.05) is 6.42 Å². The Morgan fingerprint density at radius 2 is 2.05 bits per heavy atom. The second kappa shape index (κ2) is 7.25. The van der Waals surface area contributed by atoms with Crippen LogP contribution in [0.4, 0.5) is 0 Å². The van der Waals surface area contributed by atoms with Gasteiger partial charge in [-0.25, -0.2) is 0 Å². The van der Waals surface area contributed by atoms with Crippen LogP contribution in [0.15, 0.2) is 0 Å². The lowest BCUT2D eigenvalue weighted by atomic mass is 10.0. The summed E-state index contributed by atoms with van der Waals surface area (Å²) in [5.74, 6) is 0.227. The van der Waals surface area contributed by atoms with Crippen molar-refractivity contribution in [3.05, 3.63) is 0 Å². The number of carbonyl (C=O) groups is 1. The van der Waals surface area contributed by atoms with E-state index in [1.54, 1.807) is 0 Å². The second-order valence-corrected chi connectivity index (χ2v) is 6.29. The van der Waals surface area contributed by atoms with Gasteiger partial charge < -0.3 is 10.6 Å². The Hall–Kier alpha value is -0.610. The number of nitrogens with one attached hydrogen (secondary N) is 2. The molecule has 2 aliphatic heterocycles. The molecule has 4 nitrogen and oxygen atoms in total.